The van der Waals surface area contributed by atoms with Crippen LogP contribution in [0, 0.1) is 17.1 Å². The molecule has 0 spiro atoms. The van der Waals surface area contributed by atoms with Crippen molar-refractivity contribution in [1.29, 1.82) is 5.26 Å². The van der Waals surface area contributed by atoms with Crippen LogP contribution in [0.3, 0.4) is 0 Å². The molecule has 2 aromatic heterocycles. The molecule has 4 aromatic rings. The Kier molecular flexibility index (Phi) is 4.14. The summed E-state index contributed by atoms with van der Waals surface area (Å²) >= 11 is 0. The molecule has 1 aliphatic heterocycles. The molecule has 0 amide bonds. The second kappa shape index (κ2) is 6.83. The Balaban J connectivity index is 1.58. The first-order valence-corrected chi connectivity index (χ1v) is 9.54. The van der Waals surface area contributed by atoms with E-state index in [0.29, 0.717) is 36.8 Å². The Morgan fingerprint density at radius 1 is 1.28 bits per heavy atom. The molecule has 6 nitrogen and oxygen atoms in total. The van der Waals surface area contributed by atoms with Gasteiger partial charge in [0.15, 0.2) is 11.6 Å². The molecule has 3 heterocycles. The van der Waals surface area contributed by atoms with Crippen molar-refractivity contribution >= 4 is 10.9 Å². The molecule has 144 valence electrons. The number of fused-ring (bicyclic) bond motifs is 2. The molecule has 2 aromatic carbocycles. The second-order valence-electron chi connectivity index (χ2n) is 7.06. The molecule has 0 radical (unpaired) electrons. The highest BCUT2D eigenvalue weighted by molar-refractivity contribution is 5.85. The minimum absolute atomic E-state index is 0.252. The summed E-state index contributed by atoms with van der Waals surface area (Å²) in [6.07, 6.45) is 0.326. The summed E-state index contributed by atoms with van der Waals surface area (Å²) < 4.78 is 21.6. The van der Waals surface area contributed by atoms with Crippen LogP contribution in [-0.2, 0) is 17.7 Å². The van der Waals surface area contributed by atoms with Crippen molar-refractivity contribution in [1.82, 2.24) is 19.7 Å². The fraction of sp³-hybridized carbons (Fsp3) is 0.227. The predicted octanol–water partition coefficient (Wildman–Crippen LogP) is 4.12. The first-order valence-electron chi connectivity index (χ1n) is 9.54. The van der Waals surface area contributed by atoms with Crippen LogP contribution in [0.5, 0.6) is 0 Å². The summed E-state index contributed by atoms with van der Waals surface area (Å²) in [6, 6.07) is 14.4. The monoisotopic (exact) mass is 387 g/mol. The summed E-state index contributed by atoms with van der Waals surface area (Å²) in [5, 5.41) is 14.7. The van der Waals surface area contributed by atoms with Crippen molar-refractivity contribution < 1.29 is 9.13 Å². The van der Waals surface area contributed by atoms with Crippen LogP contribution >= 0.6 is 0 Å². The molecule has 1 atom stereocenters. The fourth-order valence-corrected chi connectivity index (χ4v) is 3.85. The molecular formula is C22H18FN5O. The minimum atomic E-state index is -0.380. The number of halogens is 1. The van der Waals surface area contributed by atoms with E-state index in [4.69, 9.17) is 15.0 Å². The van der Waals surface area contributed by atoms with Gasteiger partial charge in [-0.25, -0.2) is 14.1 Å². The summed E-state index contributed by atoms with van der Waals surface area (Å²) in [5.41, 5.74) is 4.14. The lowest BCUT2D eigenvalue weighted by Gasteiger charge is -2.24. The van der Waals surface area contributed by atoms with E-state index in [9.17, 15) is 4.39 Å². The van der Waals surface area contributed by atoms with Crippen molar-refractivity contribution in [2.45, 2.75) is 26.0 Å². The molecule has 1 unspecified atom stereocenters. The smallest absolute Gasteiger partial charge is 0.197 e. The number of aromatic nitrogens is 4. The van der Waals surface area contributed by atoms with Crippen molar-refractivity contribution in [3.05, 3.63) is 70.8 Å². The van der Waals surface area contributed by atoms with Gasteiger partial charge in [-0.3, -0.25) is 0 Å². The van der Waals surface area contributed by atoms with E-state index in [2.05, 4.69) is 16.2 Å². The maximum atomic E-state index is 13.7. The summed E-state index contributed by atoms with van der Waals surface area (Å²) in [6.45, 7) is 3.12. The molecule has 0 fully saturated rings. The average molecular weight is 387 g/mol. The molecule has 0 bridgehead atoms. The highest BCUT2D eigenvalue weighted by Crippen LogP contribution is 2.33. The summed E-state index contributed by atoms with van der Waals surface area (Å²) in [4.78, 5) is 8.07. The third-order valence-electron chi connectivity index (χ3n) is 5.28. The number of aryl methyl sites for hydroxylation is 1. The van der Waals surface area contributed by atoms with E-state index < -0.39 is 0 Å². The van der Waals surface area contributed by atoms with Gasteiger partial charge in [-0.15, -0.1) is 5.10 Å². The lowest BCUT2D eigenvalue weighted by atomic mass is 9.99. The molecule has 0 saturated carbocycles. The Morgan fingerprint density at radius 3 is 3.00 bits per heavy atom. The van der Waals surface area contributed by atoms with Gasteiger partial charge < -0.3 is 9.72 Å². The zero-order valence-corrected chi connectivity index (χ0v) is 15.8. The van der Waals surface area contributed by atoms with Gasteiger partial charge in [-0.1, -0.05) is 13.0 Å². The Morgan fingerprint density at radius 2 is 2.17 bits per heavy atom. The first-order chi connectivity index (χ1) is 14.2. The van der Waals surface area contributed by atoms with Gasteiger partial charge in [0.05, 0.1) is 30.5 Å². The van der Waals surface area contributed by atoms with E-state index in [0.717, 1.165) is 27.7 Å². The average Bonchev–Trinajstić information content (AvgIpc) is 3.36. The number of hydrogen-bond acceptors (Lipinski definition) is 4. The number of hydrogen-bond donors (Lipinski definition) is 1. The van der Waals surface area contributed by atoms with Crippen molar-refractivity contribution in [3.8, 4) is 17.6 Å². The maximum absolute atomic E-state index is 13.7. The molecule has 0 saturated heterocycles. The summed E-state index contributed by atoms with van der Waals surface area (Å²) in [5.74, 6) is 1.03. The lowest BCUT2D eigenvalue weighted by Crippen LogP contribution is -2.24. The quantitative estimate of drug-likeness (QED) is 0.573. The molecule has 1 N–H and O–H groups in total. The predicted molar refractivity (Wildman–Crippen MR) is 106 cm³/mol. The van der Waals surface area contributed by atoms with Gasteiger partial charge in [-0.2, -0.15) is 5.26 Å². The van der Waals surface area contributed by atoms with E-state index >= 15 is 0 Å². The molecule has 1 aliphatic rings. The van der Waals surface area contributed by atoms with Crippen molar-refractivity contribution in [3.63, 3.8) is 0 Å². The van der Waals surface area contributed by atoms with Gasteiger partial charge in [-0.05, 0) is 53.9 Å². The van der Waals surface area contributed by atoms with Crippen LogP contribution in [-0.4, -0.2) is 26.4 Å². The number of nitrogens with zero attached hydrogens (tertiary/aromatic N) is 4. The maximum Gasteiger partial charge on any atom is 0.197 e. The number of aromatic amines is 1. The molecular weight excluding hydrogens is 369 g/mol. The Bertz CT molecular complexity index is 1270. The van der Waals surface area contributed by atoms with E-state index in [-0.39, 0.29) is 11.9 Å². The number of nitrogens with one attached hydrogen (secondary N) is 1. The molecule has 29 heavy (non-hydrogen) atoms. The third kappa shape index (κ3) is 2.98. The number of rotatable bonds is 3. The third-order valence-corrected chi connectivity index (χ3v) is 5.28. The van der Waals surface area contributed by atoms with E-state index in [1.54, 1.807) is 18.2 Å². The largest absolute Gasteiger partial charge is 0.364 e. The zero-order valence-electron chi connectivity index (χ0n) is 15.8. The van der Waals surface area contributed by atoms with E-state index in [1.807, 2.05) is 29.8 Å². The Hall–Kier alpha value is -3.50. The van der Waals surface area contributed by atoms with Gasteiger partial charge in [0.2, 0.25) is 0 Å². The van der Waals surface area contributed by atoms with Crippen LogP contribution in [0.15, 0.2) is 42.5 Å². The van der Waals surface area contributed by atoms with Gasteiger partial charge in [0, 0.05) is 10.9 Å². The number of H-pyrrole nitrogens is 1. The van der Waals surface area contributed by atoms with Crippen molar-refractivity contribution in [2.75, 3.05) is 6.61 Å². The number of ether oxygens (including phenoxy) is 1. The zero-order chi connectivity index (χ0) is 20.0. The number of nitriles is 1. The SMILES string of the molecule is CCc1cc(F)ccc1C1OCCn2nc(-c3cc4cc(C#N)ccc4[nH]3)nc21. The summed E-state index contributed by atoms with van der Waals surface area (Å²) in [7, 11) is 0. The second-order valence-corrected chi connectivity index (χ2v) is 7.06. The van der Waals surface area contributed by atoms with Gasteiger partial charge >= 0.3 is 0 Å². The normalized spacial score (nSPS) is 16.0. The topological polar surface area (TPSA) is 79.5 Å². The molecule has 7 heteroatoms. The molecule has 5 rings (SSSR count). The van der Waals surface area contributed by atoms with Crippen LogP contribution in [0.25, 0.3) is 22.4 Å². The van der Waals surface area contributed by atoms with Crippen LogP contribution in [0.1, 0.15) is 35.5 Å². The lowest BCUT2D eigenvalue weighted by molar-refractivity contribution is 0.0384. The van der Waals surface area contributed by atoms with Crippen molar-refractivity contribution in [2.24, 2.45) is 0 Å². The minimum Gasteiger partial charge on any atom is -0.364 e. The van der Waals surface area contributed by atoms with E-state index in [1.165, 1.54) is 6.07 Å². The highest BCUT2D eigenvalue weighted by Gasteiger charge is 2.29. The molecule has 0 aliphatic carbocycles. The van der Waals surface area contributed by atoms with Gasteiger partial charge in [0.1, 0.15) is 11.9 Å². The number of benzene rings is 2. The van der Waals surface area contributed by atoms with Gasteiger partial charge in [0.25, 0.3) is 0 Å². The van der Waals surface area contributed by atoms with Crippen LogP contribution in [0.2, 0.25) is 0 Å². The first kappa shape index (κ1) is 17.6. The standard InChI is InChI=1S/C22H18FN5O/c1-2-14-10-16(23)4-5-17(14)20-22-26-21(27-28(22)7-8-29-20)19-11-15-9-13(12-24)3-6-18(15)25-19/h3-6,9-11,20,25H,2,7-8H2,1H3. The fourth-order valence-electron chi connectivity index (χ4n) is 3.85. The highest BCUT2D eigenvalue weighted by atomic mass is 19.1. The van der Waals surface area contributed by atoms with Crippen LogP contribution < -0.4 is 0 Å². The van der Waals surface area contributed by atoms with Crippen LogP contribution in [0.4, 0.5) is 4.39 Å². The Labute approximate surface area is 166 Å².